The molecular formula is C7H12N2O4. The van der Waals surface area contributed by atoms with Crippen molar-refractivity contribution in [2.45, 2.75) is 26.7 Å². The van der Waals surface area contributed by atoms with Crippen LogP contribution >= 0.6 is 0 Å². The van der Waals surface area contributed by atoms with E-state index in [1.807, 2.05) is 0 Å². The highest BCUT2D eigenvalue weighted by Crippen LogP contribution is 2.01. The van der Waals surface area contributed by atoms with Gasteiger partial charge in [0.1, 0.15) is 0 Å². The molecule has 0 fully saturated rings. The molecule has 13 heavy (non-hydrogen) atoms. The van der Waals surface area contributed by atoms with Crippen molar-refractivity contribution in [3.8, 4) is 0 Å². The SMILES string of the molecule is CCCC(=O)N(N=O)C(=O)OCC. The number of nitrogens with zero attached hydrogens (tertiary/aromatic N) is 2. The van der Waals surface area contributed by atoms with Gasteiger partial charge in [-0.15, -0.1) is 4.91 Å². The number of ether oxygens (including phenoxy) is 1. The van der Waals surface area contributed by atoms with Crippen LogP contribution in [-0.2, 0) is 9.53 Å². The van der Waals surface area contributed by atoms with Gasteiger partial charge in [0.15, 0.2) is 0 Å². The topological polar surface area (TPSA) is 76.0 Å². The predicted molar refractivity (Wildman–Crippen MR) is 44.6 cm³/mol. The molecule has 74 valence electrons. The van der Waals surface area contributed by atoms with Gasteiger partial charge in [0.05, 0.1) is 11.9 Å². The average molecular weight is 188 g/mol. The first kappa shape index (κ1) is 11.5. The quantitative estimate of drug-likeness (QED) is 0.494. The van der Waals surface area contributed by atoms with Gasteiger partial charge < -0.3 is 4.74 Å². The Kier molecular flexibility index (Phi) is 5.42. The maximum atomic E-state index is 11.0. The van der Waals surface area contributed by atoms with E-state index in [2.05, 4.69) is 10.0 Å². The minimum atomic E-state index is -1.02. The van der Waals surface area contributed by atoms with Crippen LogP contribution in [0.4, 0.5) is 4.79 Å². The van der Waals surface area contributed by atoms with Gasteiger partial charge in [-0.25, -0.2) is 4.79 Å². The first-order chi connectivity index (χ1) is 6.17. The average Bonchev–Trinajstić information content (AvgIpc) is 2.06. The summed E-state index contributed by atoms with van der Waals surface area (Å²) in [7, 11) is 0. The minimum absolute atomic E-state index is 0.101. The van der Waals surface area contributed by atoms with Crippen molar-refractivity contribution >= 4 is 12.0 Å². The number of rotatable bonds is 4. The van der Waals surface area contributed by atoms with Crippen molar-refractivity contribution in [2.24, 2.45) is 5.29 Å². The van der Waals surface area contributed by atoms with Crippen LogP contribution in [0, 0.1) is 4.91 Å². The lowest BCUT2D eigenvalue weighted by atomic mass is 10.3. The van der Waals surface area contributed by atoms with Crippen LogP contribution in [0.1, 0.15) is 26.7 Å². The summed E-state index contributed by atoms with van der Waals surface area (Å²) in [5, 5.41) is 2.49. The van der Waals surface area contributed by atoms with E-state index in [1.165, 1.54) is 0 Å². The molecule has 0 spiro atoms. The van der Waals surface area contributed by atoms with Crippen LogP contribution in [0.15, 0.2) is 5.29 Å². The summed E-state index contributed by atoms with van der Waals surface area (Å²) in [5.41, 5.74) is 0. The standard InChI is InChI=1S/C7H12N2O4/c1-3-5-6(10)9(8-12)7(11)13-4-2/h3-5H2,1-2H3. The summed E-state index contributed by atoms with van der Waals surface area (Å²) >= 11 is 0. The highest BCUT2D eigenvalue weighted by Gasteiger charge is 2.22. The molecule has 0 saturated heterocycles. The zero-order valence-corrected chi connectivity index (χ0v) is 7.65. The molecule has 0 saturated carbocycles. The van der Waals surface area contributed by atoms with Crippen molar-refractivity contribution in [1.29, 1.82) is 0 Å². The van der Waals surface area contributed by atoms with Crippen molar-refractivity contribution in [3.63, 3.8) is 0 Å². The molecule has 0 radical (unpaired) electrons. The minimum Gasteiger partial charge on any atom is -0.448 e. The fourth-order valence-corrected chi connectivity index (χ4v) is 0.685. The molecule has 2 amide bonds. The third-order valence-electron chi connectivity index (χ3n) is 1.22. The summed E-state index contributed by atoms with van der Waals surface area (Å²) in [5.74, 6) is -0.643. The molecule has 0 aromatic heterocycles. The first-order valence-electron chi connectivity index (χ1n) is 4.00. The molecule has 0 aliphatic heterocycles. The molecule has 0 bridgehead atoms. The van der Waals surface area contributed by atoms with E-state index < -0.39 is 12.0 Å². The number of carbonyl (C=O) groups excluding carboxylic acids is 2. The molecule has 0 unspecified atom stereocenters. The predicted octanol–water partition coefficient (Wildman–Crippen LogP) is 1.45. The first-order valence-corrected chi connectivity index (χ1v) is 4.00. The highest BCUT2D eigenvalue weighted by atomic mass is 16.6. The van der Waals surface area contributed by atoms with Gasteiger partial charge in [0, 0.05) is 6.42 Å². The van der Waals surface area contributed by atoms with Crippen molar-refractivity contribution in [2.75, 3.05) is 6.61 Å². The van der Waals surface area contributed by atoms with Gasteiger partial charge in [-0.3, -0.25) is 4.79 Å². The molecule has 0 aromatic rings. The zero-order chi connectivity index (χ0) is 10.3. The van der Waals surface area contributed by atoms with Crippen LogP contribution in [0.3, 0.4) is 0 Å². The Hall–Kier alpha value is -1.46. The fourth-order valence-electron chi connectivity index (χ4n) is 0.685. The highest BCUT2D eigenvalue weighted by molar-refractivity contribution is 5.91. The second-order valence-corrected chi connectivity index (χ2v) is 2.24. The van der Waals surface area contributed by atoms with Gasteiger partial charge in [-0.1, -0.05) is 11.9 Å². The smallest absolute Gasteiger partial charge is 0.440 e. The normalized spacial score (nSPS) is 9.08. The fraction of sp³-hybridized carbons (Fsp3) is 0.714. The summed E-state index contributed by atoms with van der Waals surface area (Å²) < 4.78 is 4.43. The number of hydrogen-bond acceptors (Lipinski definition) is 5. The third-order valence-corrected chi connectivity index (χ3v) is 1.22. The lowest BCUT2D eigenvalue weighted by Crippen LogP contribution is -2.32. The molecule has 0 heterocycles. The van der Waals surface area contributed by atoms with Crippen LogP contribution in [-0.4, -0.2) is 23.6 Å². The summed E-state index contributed by atoms with van der Waals surface area (Å²) in [6.45, 7) is 3.43. The molecule has 6 nitrogen and oxygen atoms in total. The number of nitroso groups, excluding NO2 is 1. The monoisotopic (exact) mass is 188 g/mol. The molecule has 0 N–H and O–H groups in total. The second-order valence-electron chi connectivity index (χ2n) is 2.24. The van der Waals surface area contributed by atoms with Crippen LogP contribution < -0.4 is 0 Å². The van der Waals surface area contributed by atoms with Crippen molar-refractivity contribution < 1.29 is 14.3 Å². The van der Waals surface area contributed by atoms with E-state index in [4.69, 9.17) is 0 Å². The van der Waals surface area contributed by atoms with E-state index in [9.17, 15) is 14.5 Å². The van der Waals surface area contributed by atoms with Crippen molar-refractivity contribution in [1.82, 2.24) is 5.01 Å². The van der Waals surface area contributed by atoms with Crippen LogP contribution in [0.2, 0.25) is 0 Å². The Morgan fingerprint density at radius 3 is 2.38 bits per heavy atom. The molecule has 0 aliphatic rings. The van der Waals surface area contributed by atoms with Gasteiger partial charge >= 0.3 is 6.09 Å². The Bertz CT molecular complexity index is 187. The third kappa shape index (κ3) is 3.64. The van der Waals surface area contributed by atoms with E-state index in [1.54, 1.807) is 13.8 Å². The summed E-state index contributed by atoms with van der Waals surface area (Å²) in [4.78, 5) is 32.0. The van der Waals surface area contributed by atoms with Crippen molar-refractivity contribution in [3.05, 3.63) is 4.91 Å². The second kappa shape index (κ2) is 6.10. The Morgan fingerprint density at radius 2 is 2.00 bits per heavy atom. The van der Waals surface area contributed by atoms with E-state index >= 15 is 0 Å². The molecule has 0 aliphatic carbocycles. The largest absolute Gasteiger partial charge is 0.448 e. The van der Waals surface area contributed by atoms with Gasteiger partial charge in [-0.2, -0.15) is 0 Å². The Labute approximate surface area is 75.8 Å². The lowest BCUT2D eigenvalue weighted by Gasteiger charge is -2.09. The molecule has 0 aromatic carbocycles. The van der Waals surface area contributed by atoms with E-state index in [0.29, 0.717) is 6.42 Å². The summed E-state index contributed by atoms with van der Waals surface area (Å²) in [6, 6.07) is 0. The molecule has 0 atom stereocenters. The molecule has 6 heteroatoms. The molecular weight excluding hydrogens is 176 g/mol. The van der Waals surface area contributed by atoms with Gasteiger partial charge in [0.2, 0.25) is 0 Å². The maximum Gasteiger partial charge on any atom is 0.440 e. The lowest BCUT2D eigenvalue weighted by molar-refractivity contribution is -0.129. The number of hydrogen-bond donors (Lipinski definition) is 0. The number of amides is 2. The van der Waals surface area contributed by atoms with Crippen LogP contribution in [0.25, 0.3) is 0 Å². The molecule has 0 rings (SSSR count). The number of carbonyl (C=O) groups is 2. The maximum absolute atomic E-state index is 11.0. The van der Waals surface area contributed by atoms with Crippen LogP contribution in [0.5, 0.6) is 0 Å². The van der Waals surface area contributed by atoms with E-state index in [0.717, 1.165) is 0 Å². The Morgan fingerprint density at radius 1 is 1.38 bits per heavy atom. The van der Waals surface area contributed by atoms with E-state index in [-0.39, 0.29) is 18.0 Å². The van der Waals surface area contributed by atoms with Gasteiger partial charge in [0.25, 0.3) is 5.91 Å². The number of imide groups is 1. The van der Waals surface area contributed by atoms with Gasteiger partial charge in [-0.05, 0) is 13.3 Å². The summed E-state index contributed by atoms with van der Waals surface area (Å²) in [6.07, 6.45) is -0.370. The zero-order valence-electron chi connectivity index (χ0n) is 7.65. The Balaban J connectivity index is 4.23.